The molecule has 0 aliphatic heterocycles. The predicted octanol–water partition coefficient (Wildman–Crippen LogP) is 6.17. The maximum atomic E-state index is 11.8. The zero-order valence-electron chi connectivity index (χ0n) is 18.9. The number of carbonyl (C=O) groups is 1. The van der Waals surface area contributed by atoms with Gasteiger partial charge in [-0.15, -0.1) is 0 Å². The number of carbonyl (C=O) groups excluding carboxylic acids is 1. The molecule has 0 aliphatic carbocycles. The molecule has 0 spiro atoms. The fraction of sp³-hybridized carbons (Fsp3) is 0.0741. The first-order chi connectivity index (χ1) is 17.2. The molecule has 0 radical (unpaired) electrons. The molecular formula is C27H22N4O3S. The molecule has 2 aromatic heterocycles. The van der Waals surface area contributed by atoms with Gasteiger partial charge in [-0.05, 0) is 35.9 Å². The van der Waals surface area contributed by atoms with Gasteiger partial charge in [0.05, 0.1) is 15.9 Å². The number of para-hydroxylation sites is 2. The Balaban J connectivity index is 1.32. The van der Waals surface area contributed by atoms with E-state index in [2.05, 4.69) is 15.6 Å². The van der Waals surface area contributed by atoms with Crippen molar-refractivity contribution in [3.8, 4) is 17.2 Å². The lowest BCUT2D eigenvalue weighted by molar-refractivity contribution is 0.0958. The molecule has 3 aromatic carbocycles. The summed E-state index contributed by atoms with van der Waals surface area (Å²) >= 11 is 1.52. The Bertz CT molecular complexity index is 1470. The molecule has 0 aliphatic rings. The number of ether oxygens (including phenoxy) is 2. The van der Waals surface area contributed by atoms with Gasteiger partial charge in [-0.25, -0.2) is 4.98 Å². The molecule has 0 unspecified atom stereocenters. The highest BCUT2D eigenvalue weighted by atomic mass is 32.1. The molecule has 2 N–H and O–H groups in total. The lowest BCUT2D eigenvalue weighted by Gasteiger charge is -2.11. The van der Waals surface area contributed by atoms with Gasteiger partial charge < -0.3 is 20.1 Å². The molecule has 5 aromatic rings. The Morgan fingerprint density at radius 3 is 2.60 bits per heavy atom. The van der Waals surface area contributed by atoms with E-state index in [4.69, 9.17) is 14.5 Å². The molecule has 0 bridgehead atoms. The van der Waals surface area contributed by atoms with Crippen LogP contribution in [0.5, 0.6) is 17.2 Å². The minimum absolute atomic E-state index is 0.267. The number of aromatic nitrogens is 2. The number of benzene rings is 3. The van der Waals surface area contributed by atoms with E-state index in [1.165, 1.54) is 11.3 Å². The van der Waals surface area contributed by atoms with Crippen LogP contribution in [0.25, 0.3) is 10.2 Å². The van der Waals surface area contributed by atoms with Crippen molar-refractivity contribution in [2.75, 3.05) is 12.4 Å². The number of hydrogen-bond acceptors (Lipinski definition) is 7. The second-order valence-electron chi connectivity index (χ2n) is 7.60. The molecule has 0 saturated heterocycles. The molecule has 35 heavy (non-hydrogen) atoms. The first-order valence-corrected chi connectivity index (χ1v) is 11.8. The summed E-state index contributed by atoms with van der Waals surface area (Å²) in [6.07, 6.45) is 1.55. The summed E-state index contributed by atoms with van der Waals surface area (Å²) in [5.74, 6) is 1.67. The van der Waals surface area contributed by atoms with E-state index in [0.717, 1.165) is 32.3 Å². The quantitative estimate of drug-likeness (QED) is 0.275. The summed E-state index contributed by atoms with van der Waals surface area (Å²) in [7, 11) is 1.56. The second-order valence-corrected chi connectivity index (χ2v) is 8.63. The maximum Gasteiger partial charge on any atom is 0.269 e. The van der Waals surface area contributed by atoms with E-state index in [-0.39, 0.29) is 5.91 Å². The molecular weight excluding hydrogens is 460 g/mol. The van der Waals surface area contributed by atoms with Crippen molar-refractivity contribution in [3.05, 3.63) is 102 Å². The van der Waals surface area contributed by atoms with Gasteiger partial charge in [0.1, 0.15) is 29.5 Å². The van der Waals surface area contributed by atoms with E-state index in [9.17, 15) is 4.79 Å². The number of anilines is 2. The Morgan fingerprint density at radius 1 is 0.943 bits per heavy atom. The minimum atomic E-state index is -0.267. The van der Waals surface area contributed by atoms with Crippen molar-refractivity contribution in [3.63, 3.8) is 0 Å². The number of nitrogens with one attached hydrogen (secondary N) is 2. The first-order valence-electron chi connectivity index (χ1n) is 11.0. The topological polar surface area (TPSA) is 85.4 Å². The van der Waals surface area contributed by atoms with Gasteiger partial charge in [0.15, 0.2) is 5.13 Å². The Kier molecular flexibility index (Phi) is 6.54. The Morgan fingerprint density at radius 2 is 1.74 bits per heavy atom. The van der Waals surface area contributed by atoms with Crippen molar-refractivity contribution in [2.24, 2.45) is 0 Å². The molecule has 0 atom stereocenters. The van der Waals surface area contributed by atoms with Gasteiger partial charge in [0.2, 0.25) is 0 Å². The standard InChI is InChI=1S/C27H22N4O3S/c1-28-26(32)23-15-20(13-14-29-23)34-19-11-12-22-25(16-19)35-27(31-22)30-21-9-5-6-10-24(21)33-17-18-7-3-2-4-8-18/h2-16H,17H2,1H3,(H,28,32)(H,30,31). The number of nitrogens with zero attached hydrogens (tertiary/aromatic N) is 2. The smallest absolute Gasteiger partial charge is 0.269 e. The molecule has 5 rings (SSSR count). The van der Waals surface area contributed by atoms with Crippen molar-refractivity contribution >= 4 is 38.3 Å². The zero-order valence-corrected chi connectivity index (χ0v) is 19.7. The van der Waals surface area contributed by atoms with Gasteiger partial charge in [0, 0.05) is 25.4 Å². The van der Waals surface area contributed by atoms with E-state index < -0.39 is 0 Å². The van der Waals surface area contributed by atoms with E-state index in [1.54, 1.807) is 25.4 Å². The summed E-state index contributed by atoms with van der Waals surface area (Å²) in [6, 6.07) is 26.9. The average molecular weight is 483 g/mol. The highest BCUT2D eigenvalue weighted by Crippen LogP contribution is 2.35. The monoisotopic (exact) mass is 482 g/mol. The number of pyridine rings is 1. The number of amides is 1. The number of thiazole rings is 1. The summed E-state index contributed by atoms with van der Waals surface area (Å²) in [4.78, 5) is 20.6. The number of rotatable bonds is 8. The maximum absolute atomic E-state index is 11.8. The lowest BCUT2D eigenvalue weighted by atomic mass is 10.2. The highest BCUT2D eigenvalue weighted by Gasteiger charge is 2.11. The van der Waals surface area contributed by atoms with E-state index in [1.807, 2.05) is 72.8 Å². The van der Waals surface area contributed by atoms with Gasteiger partial charge in [-0.1, -0.05) is 53.8 Å². The van der Waals surface area contributed by atoms with Crippen LogP contribution in [0.15, 0.2) is 91.1 Å². The molecule has 174 valence electrons. The van der Waals surface area contributed by atoms with Gasteiger partial charge in [-0.3, -0.25) is 9.78 Å². The van der Waals surface area contributed by atoms with E-state index >= 15 is 0 Å². The number of fused-ring (bicyclic) bond motifs is 1. The van der Waals surface area contributed by atoms with Crippen LogP contribution in [0.3, 0.4) is 0 Å². The average Bonchev–Trinajstić information content (AvgIpc) is 3.30. The van der Waals surface area contributed by atoms with Crippen LogP contribution in [0.1, 0.15) is 16.1 Å². The summed E-state index contributed by atoms with van der Waals surface area (Å²) in [6.45, 7) is 0.483. The summed E-state index contributed by atoms with van der Waals surface area (Å²) < 4.78 is 13.0. The fourth-order valence-corrected chi connectivity index (χ4v) is 4.34. The van der Waals surface area contributed by atoms with Crippen LogP contribution in [0.4, 0.5) is 10.8 Å². The zero-order chi connectivity index (χ0) is 24.0. The fourth-order valence-electron chi connectivity index (χ4n) is 3.43. The molecule has 8 heteroatoms. The van der Waals surface area contributed by atoms with Crippen LogP contribution < -0.4 is 20.1 Å². The Hall–Kier alpha value is -4.43. The molecule has 0 fully saturated rings. The predicted molar refractivity (Wildman–Crippen MR) is 138 cm³/mol. The van der Waals surface area contributed by atoms with Crippen molar-refractivity contribution in [1.82, 2.24) is 15.3 Å². The van der Waals surface area contributed by atoms with E-state index in [0.29, 0.717) is 23.8 Å². The van der Waals surface area contributed by atoms with Crippen LogP contribution >= 0.6 is 11.3 Å². The SMILES string of the molecule is CNC(=O)c1cc(Oc2ccc3nc(Nc4ccccc4OCc4ccccc4)sc3c2)ccn1. The second kappa shape index (κ2) is 10.2. The van der Waals surface area contributed by atoms with Crippen LogP contribution in [-0.4, -0.2) is 22.9 Å². The molecule has 7 nitrogen and oxygen atoms in total. The van der Waals surface area contributed by atoms with Gasteiger partial charge >= 0.3 is 0 Å². The molecule has 0 saturated carbocycles. The number of hydrogen-bond donors (Lipinski definition) is 2. The van der Waals surface area contributed by atoms with Crippen molar-refractivity contribution < 1.29 is 14.3 Å². The molecule has 1 amide bonds. The third kappa shape index (κ3) is 5.39. The highest BCUT2D eigenvalue weighted by molar-refractivity contribution is 7.22. The normalized spacial score (nSPS) is 10.7. The van der Waals surface area contributed by atoms with Crippen LogP contribution in [0.2, 0.25) is 0 Å². The summed E-state index contributed by atoms with van der Waals surface area (Å²) in [5, 5.41) is 6.69. The summed E-state index contributed by atoms with van der Waals surface area (Å²) in [5.41, 5.74) is 3.10. The van der Waals surface area contributed by atoms with Gasteiger partial charge in [-0.2, -0.15) is 0 Å². The van der Waals surface area contributed by atoms with Crippen LogP contribution in [0, 0.1) is 0 Å². The van der Waals surface area contributed by atoms with Crippen molar-refractivity contribution in [1.29, 1.82) is 0 Å². The lowest BCUT2D eigenvalue weighted by Crippen LogP contribution is -2.18. The van der Waals surface area contributed by atoms with Crippen LogP contribution in [-0.2, 0) is 6.61 Å². The third-order valence-corrected chi connectivity index (χ3v) is 6.09. The Labute approximate surface area is 206 Å². The van der Waals surface area contributed by atoms with Gasteiger partial charge in [0.25, 0.3) is 5.91 Å². The molecule has 2 heterocycles. The third-order valence-electron chi connectivity index (χ3n) is 5.15. The minimum Gasteiger partial charge on any atom is -0.487 e. The largest absolute Gasteiger partial charge is 0.487 e. The van der Waals surface area contributed by atoms with Crippen molar-refractivity contribution in [2.45, 2.75) is 6.61 Å². The first kappa shape index (κ1) is 22.4.